The van der Waals surface area contributed by atoms with Gasteiger partial charge < -0.3 is 9.84 Å². The van der Waals surface area contributed by atoms with Crippen molar-refractivity contribution in [2.45, 2.75) is 71.3 Å². The zero-order valence-corrected chi connectivity index (χ0v) is 17.2. The van der Waals surface area contributed by atoms with Crippen molar-refractivity contribution >= 4 is 5.97 Å². The maximum absolute atomic E-state index is 10.9. The van der Waals surface area contributed by atoms with Crippen LogP contribution in [0, 0.1) is 0 Å². The molecule has 1 aromatic carbocycles. The number of allylic oxidation sites excluding steroid dienone is 6. The van der Waals surface area contributed by atoms with E-state index in [0.717, 1.165) is 12.8 Å². The summed E-state index contributed by atoms with van der Waals surface area (Å²) in [4.78, 5) is 10.9. The van der Waals surface area contributed by atoms with Gasteiger partial charge in [-0.15, -0.1) is 0 Å². The molecule has 0 aromatic heterocycles. The highest BCUT2D eigenvalue weighted by atomic mass is 16.5. The minimum atomic E-state index is -0.955. The fourth-order valence-electron chi connectivity index (χ4n) is 3.33. The molecular weight excluding hydrogens is 336 g/mol. The second-order valence-electron chi connectivity index (χ2n) is 6.61. The summed E-state index contributed by atoms with van der Waals surface area (Å²) in [5.74, 6) is -0.356. The number of aliphatic carboxylic acids is 1. The van der Waals surface area contributed by atoms with E-state index in [2.05, 4.69) is 30.4 Å². The molecule has 3 heteroatoms. The van der Waals surface area contributed by atoms with Crippen LogP contribution in [0.3, 0.4) is 0 Å². The number of carboxylic acids is 1. The first-order chi connectivity index (χ1) is 13.1. The molecule has 0 heterocycles. The maximum Gasteiger partial charge on any atom is 0.344 e. The lowest BCUT2D eigenvalue weighted by Crippen LogP contribution is -2.26. The zero-order chi connectivity index (χ0) is 20.1. The third-order valence-electron chi connectivity index (χ3n) is 4.78. The van der Waals surface area contributed by atoms with Gasteiger partial charge in [0.15, 0.2) is 6.10 Å². The second kappa shape index (κ2) is 12.2. The smallest absolute Gasteiger partial charge is 0.344 e. The van der Waals surface area contributed by atoms with Gasteiger partial charge in [-0.25, -0.2) is 4.79 Å². The number of hydrogen-bond donors (Lipinski definition) is 1. The van der Waals surface area contributed by atoms with E-state index in [9.17, 15) is 4.79 Å². The Kier molecular flexibility index (Phi) is 10.2. The van der Waals surface area contributed by atoms with Gasteiger partial charge in [-0.2, -0.15) is 0 Å². The largest absolute Gasteiger partial charge is 0.479 e. The van der Waals surface area contributed by atoms with E-state index >= 15 is 0 Å². The van der Waals surface area contributed by atoms with Crippen LogP contribution in [0.5, 0.6) is 5.75 Å². The summed E-state index contributed by atoms with van der Waals surface area (Å²) in [5, 5.41) is 8.96. The molecular formula is C24H34O3. The van der Waals surface area contributed by atoms with Crippen LogP contribution in [0.2, 0.25) is 0 Å². The minimum absolute atomic E-state index is 0.0649. The summed E-state index contributed by atoms with van der Waals surface area (Å²) in [6.45, 7) is 7.55. The first-order valence-electron chi connectivity index (χ1n) is 10.0. The molecule has 1 aliphatic rings. The average molecular weight is 371 g/mol. The number of rotatable bonds is 7. The third kappa shape index (κ3) is 7.09. The second-order valence-corrected chi connectivity index (χ2v) is 6.61. The van der Waals surface area contributed by atoms with Gasteiger partial charge in [-0.1, -0.05) is 81.7 Å². The average Bonchev–Trinajstić information content (AvgIpc) is 2.70. The molecule has 0 amide bonds. The van der Waals surface area contributed by atoms with E-state index < -0.39 is 12.1 Å². The van der Waals surface area contributed by atoms with E-state index in [4.69, 9.17) is 9.84 Å². The molecule has 148 valence electrons. The molecule has 2 rings (SSSR count). The molecule has 1 saturated carbocycles. The molecule has 0 spiro atoms. The lowest BCUT2D eigenvalue weighted by Gasteiger charge is -2.35. The molecule has 0 bridgehead atoms. The first kappa shape index (κ1) is 22.8. The molecule has 1 N–H and O–H groups in total. The van der Waals surface area contributed by atoms with Crippen molar-refractivity contribution in [2.24, 2.45) is 0 Å². The van der Waals surface area contributed by atoms with Crippen LogP contribution in [-0.2, 0) is 10.2 Å². The lowest BCUT2D eigenvalue weighted by atomic mass is 9.69. The summed E-state index contributed by atoms with van der Waals surface area (Å²) in [7, 11) is 0. The van der Waals surface area contributed by atoms with Crippen molar-refractivity contribution in [3.8, 4) is 5.75 Å². The Morgan fingerprint density at radius 1 is 1.04 bits per heavy atom. The summed E-state index contributed by atoms with van der Waals surface area (Å²) in [5.41, 5.74) is 1.34. The van der Waals surface area contributed by atoms with Crippen molar-refractivity contribution in [1.82, 2.24) is 0 Å². The van der Waals surface area contributed by atoms with E-state index in [0.29, 0.717) is 5.75 Å². The monoisotopic (exact) mass is 370 g/mol. The Morgan fingerprint density at radius 3 is 2.19 bits per heavy atom. The molecule has 3 nitrogen and oxygen atoms in total. The van der Waals surface area contributed by atoms with Crippen LogP contribution in [0.1, 0.15) is 65.4 Å². The third-order valence-corrected chi connectivity index (χ3v) is 4.78. The zero-order valence-electron chi connectivity index (χ0n) is 17.2. The quantitative estimate of drug-likeness (QED) is 0.561. The number of hydrogen-bond acceptors (Lipinski definition) is 2. The Balaban J connectivity index is 0.00000176. The van der Waals surface area contributed by atoms with Gasteiger partial charge in [0.2, 0.25) is 0 Å². The molecule has 1 aromatic rings. The molecule has 1 atom stereocenters. The van der Waals surface area contributed by atoms with Crippen molar-refractivity contribution in [3.05, 3.63) is 66.3 Å². The van der Waals surface area contributed by atoms with Crippen molar-refractivity contribution in [1.29, 1.82) is 0 Å². The van der Waals surface area contributed by atoms with Gasteiger partial charge in [0.05, 0.1) is 0 Å². The Hall–Kier alpha value is -2.29. The van der Waals surface area contributed by atoms with E-state index in [1.54, 1.807) is 6.92 Å². The number of carboxylic acid groups (broad SMARTS) is 1. The highest BCUT2D eigenvalue weighted by molar-refractivity contribution is 5.72. The number of carbonyl (C=O) groups is 1. The SMILES string of the molecule is CC.C\C=C/C=C\C=C\C1(c2ccc(OC(C)C(=O)O)cc2)CCCCC1. The fraction of sp³-hybridized carbons (Fsp3) is 0.458. The van der Waals surface area contributed by atoms with Crippen molar-refractivity contribution in [3.63, 3.8) is 0 Å². The van der Waals surface area contributed by atoms with Gasteiger partial charge in [0, 0.05) is 5.41 Å². The summed E-state index contributed by atoms with van der Waals surface area (Å²) in [6.07, 6.45) is 17.8. The van der Waals surface area contributed by atoms with E-state index in [-0.39, 0.29) is 5.41 Å². The van der Waals surface area contributed by atoms with E-state index in [1.165, 1.54) is 24.8 Å². The van der Waals surface area contributed by atoms with Crippen LogP contribution in [0.15, 0.2) is 60.7 Å². The summed E-state index contributed by atoms with van der Waals surface area (Å²) in [6, 6.07) is 7.92. The lowest BCUT2D eigenvalue weighted by molar-refractivity contribution is -0.144. The van der Waals surface area contributed by atoms with Crippen LogP contribution in [0.4, 0.5) is 0 Å². The molecule has 0 saturated heterocycles. The molecule has 1 aliphatic carbocycles. The van der Waals surface area contributed by atoms with Crippen LogP contribution < -0.4 is 4.74 Å². The molecule has 27 heavy (non-hydrogen) atoms. The minimum Gasteiger partial charge on any atom is -0.479 e. The van der Waals surface area contributed by atoms with Crippen LogP contribution in [-0.4, -0.2) is 17.2 Å². The normalized spacial score (nSPS) is 17.6. The Bertz CT molecular complexity index is 632. The molecule has 0 radical (unpaired) electrons. The Labute approximate surface area is 164 Å². The van der Waals surface area contributed by atoms with Gasteiger partial charge >= 0.3 is 5.97 Å². The maximum atomic E-state index is 10.9. The predicted molar refractivity (Wildman–Crippen MR) is 113 cm³/mol. The first-order valence-corrected chi connectivity index (χ1v) is 10.0. The highest BCUT2D eigenvalue weighted by Gasteiger charge is 2.31. The predicted octanol–water partition coefficient (Wildman–Crippen LogP) is 6.46. The van der Waals surface area contributed by atoms with Crippen LogP contribution >= 0.6 is 0 Å². The van der Waals surface area contributed by atoms with Gasteiger partial charge in [0.25, 0.3) is 0 Å². The van der Waals surface area contributed by atoms with Gasteiger partial charge in [0.1, 0.15) is 5.75 Å². The fourth-order valence-corrected chi connectivity index (χ4v) is 3.33. The molecule has 1 unspecified atom stereocenters. The highest BCUT2D eigenvalue weighted by Crippen LogP contribution is 2.41. The van der Waals surface area contributed by atoms with E-state index in [1.807, 2.05) is 51.1 Å². The Morgan fingerprint density at radius 2 is 1.63 bits per heavy atom. The standard InChI is InChI=1S/C22H28O3.C2H6/c1-3-4-5-6-8-15-22(16-9-7-10-17-22)19-11-13-20(14-12-19)25-18(2)21(23)24;1-2/h3-6,8,11-15,18H,7,9-10,16-17H2,1-2H3,(H,23,24);1-2H3/b4-3-,6-5-,15-8+;. The summed E-state index contributed by atoms with van der Waals surface area (Å²) < 4.78 is 5.44. The van der Waals surface area contributed by atoms with Crippen molar-refractivity contribution < 1.29 is 14.6 Å². The number of ether oxygens (including phenoxy) is 1. The van der Waals surface area contributed by atoms with Crippen molar-refractivity contribution in [2.75, 3.05) is 0 Å². The molecule has 0 aliphatic heterocycles. The molecule has 1 fully saturated rings. The topological polar surface area (TPSA) is 46.5 Å². The van der Waals surface area contributed by atoms with Gasteiger partial charge in [-0.05, 0) is 44.4 Å². The number of benzene rings is 1. The van der Waals surface area contributed by atoms with Crippen LogP contribution in [0.25, 0.3) is 0 Å². The summed E-state index contributed by atoms with van der Waals surface area (Å²) >= 11 is 0. The van der Waals surface area contributed by atoms with Gasteiger partial charge in [-0.3, -0.25) is 0 Å².